The van der Waals surface area contributed by atoms with E-state index in [1.165, 1.54) is 5.56 Å². The van der Waals surface area contributed by atoms with Gasteiger partial charge in [-0.25, -0.2) is 0 Å². The molecule has 0 fully saturated rings. The first-order valence-electron chi connectivity index (χ1n) is 10.7. The number of anilines is 2. The van der Waals surface area contributed by atoms with Gasteiger partial charge in [0.2, 0.25) is 11.7 Å². The summed E-state index contributed by atoms with van der Waals surface area (Å²) >= 11 is 0. The number of ether oxygens (including phenoxy) is 4. The van der Waals surface area contributed by atoms with Gasteiger partial charge in [-0.3, -0.25) is 4.79 Å². The molecule has 1 aliphatic heterocycles. The molecule has 172 valence electrons. The zero-order chi connectivity index (χ0) is 23.2. The molecular weight excluding hydrogens is 420 g/mol. The lowest BCUT2D eigenvalue weighted by atomic mass is 10.1. The van der Waals surface area contributed by atoms with E-state index in [0.717, 1.165) is 11.4 Å². The second kappa shape index (κ2) is 10.2. The number of hydrogen-bond acceptors (Lipinski definition) is 6. The number of nitrogens with zero attached hydrogens (tertiary/aromatic N) is 1. The van der Waals surface area contributed by atoms with Crippen LogP contribution in [0.1, 0.15) is 12.0 Å². The normalized spacial score (nSPS) is 14.6. The summed E-state index contributed by atoms with van der Waals surface area (Å²) in [4.78, 5) is 15.3. The summed E-state index contributed by atoms with van der Waals surface area (Å²) in [6.45, 7) is 1.11. The average Bonchev–Trinajstić information content (AvgIpc) is 2.85. The number of hydrogen-bond donors (Lipinski definition) is 1. The van der Waals surface area contributed by atoms with E-state index >= 15 is 0 Å². The monoisotopic (exact) mass is 448 g/mol. The maximum absolute atomic E-state index is 13.0. The van der Waals surface area contributed by atoms with Crippen molar-refractivity contribution in [1.82, 2.24) is 0 Å². The minimum atomic E-state index is -0.129. The smallest absolute Gasteiger partial charge is 0.226 e. The number of nitrogens with one attached hydrogen (secondary N) is 1. The molecule has 3 aromatic carbocycles. The van der Waals surface area contributed by atoms with Crippen LogP contribution in [-0.2, 0) is 11.3 Å². The highest BCUT2D eigenvalue weighted by atomic mass is 16.5. The Balaban J connectivity index is 1.54. The molecule has 0 bridgehead atoms. The largest absolute Gasteiger partial charge is 0.493 e. The molecule has 4 rings (SSSR count). The van der Waals surface area contributed by atoms with Crippen molar-refractivity contribution in [3.63, 3.8) is 0 Å². The zero-order valence-corrected chi connectivity index (χ0v) is 19.0. The minimum Gasteiger partial charge on any atom is -0.493 e. The van der Waals surface area contributed by atoms with Gasteiger partial charge in [0, 0.05) is 24.4 Å². The van der Waals surface area contributed by atoms with E-state index in [1.54, 1.807) is 33.5 Å². The Morgan fingerprint density at radius 1 is 0.970 bits per heavy atom. The summed E-state index contributed by atoms with van der Waals surface area (Å²) in [6, 6.07) is 21.5. The number of carbonyl (C=O) groups excluding carboxylic acids is 1. The molecule has 0 saturated carbocycles. The molecule has 7 heteroatoms. The van der Waals surface area contributed by atoms with Gasteiger partial charge in [0.05, 0.1) is 39.5 Å². The standard InChI is InChI=1S/C26H28N2O5/c1-30-23-13-19(14-24(31-2)26(23)32-3)27-25(29)15-20-17-33-22-12-8-7-11-21(22)28(20)16-18-9-5-4-6-10-18/h4-14,20H,15-17H2,1-3H3,(H,27,29)/t20-/m1/s1. The summed E-state index contributed by atoms with van der Waals surface area (Å²) in [5.74, 6) is 2.13. The van der Waals surface area contributed by atoms with Gasteiger partial charge in [0.25, 0.3) is 0 Å². The maximum Gasteiger partial charge on any atom is 0.226 e. The van der Waals surface area contributed by atoms with Gasteiger partial charge in [-0.15, -0.1) is 0 Å². The third kappa shape index (κ3) is 4.98. The van der Waals surface area contributed by atoms with E-state index in [1.807, 2.05) is 42.5 Å². The molecule has 0 unspecified atom stereocenters. The van der Waals surface area contributed by atoms with Crippen molar-refractivity contribution < 1.29 is 23.7 Å². The van der Waals surface area contributed by atoms with Gasteiger partial charge in [-0.05, 0) is 17.7 Å². The topological polar surface area (TPSA) is 69.3 Å². The third-order valence-electron chi connectivity index (χ3n) is 5.61. The number of fused-ring (bicyclic) bond motifs is 1. The van der Waals surface area contributed by atoms with E-state index in [2.05, 4.69) is 22.3 Å². The third-order valence-corrected chi connectivity index (χ3v) is 5.61. The molecule has 0 aromatic heterocycles. The first kappa shape index (κ1) is 22.3. The average molecular weight is 449 g/mol. The van der Waals surface area contributed by atoms with Gasteiger partial charge in [-0.2, -0.15) is 0 Å². The van der Waals surface area contributed by atoms with Gasteiger partial charge in [-0.1, -0.05) is 42.5 Å². The fourth-order valence-corrected chi connectivity index (χ4v) is 4.03. The molecule has 33 heavy (non-hydrogen) atoms. The summed E-state index contributed by atoms with van der Waals surface area (Å²) in [5.41, 5.74) is 2.73. The number of para-hydroxylation sites is 2. The van der Waals surface area contributed by atoms with Crippen LogP contribution in [0.25, 0.3) is 0 Å². The quantitative estimate of drug-likeness (QED) is 0.547. The summed E-state index contributed by atoms with van der Waals surface area (Å²) in [5, 5.41) is 2.96. The molecule has 1 heterocycles. The van der Waals surface area contributed by atoms with Crippen molar-refractivity contribution in [3.8, 4) is 23.0 Å². The Morgan fingerprint density at radius 2 is 1.64 bits per heavy atom. The number of benzene rings is 3. The summed E-state index contributed by atoms with van der Waals surface area (Å²) in [6.07, 6.45) is 0.262. The molecule has 3 aromatic rings. The van der Waals surface area contributed by atoms with Gasteiger partial charge in [0.15, 0.2) is 11.5 Å². The highest BCUT2D eigenvalue weighted by molar-refractivity contribution is 5.92. The second-order valence-electron chi connectivity index (χ2n) is 7.71. The predicted octanol–water partition coefficient (Wildman–Crippen LogP) is 4.51. The Labute approximate surface area is 193 Å². The van der Waals surface area contributed by atoms with Crippen molar-refractivity contribution in [2.75, 3.05) is 38.2 Å². The van der Waals surface area contributed by atoms with Crippen LogP contribution in [0.5, 0.6) is 23.0 Å². The zero-order valence-electron chi connectivity index (χ0n) is 19.0. The fourth-order valence-electron chi connectivity index (χ4n) is 4.03. The maximum atomic E-state index is 13.0. The van der Waals surface area contributed by atoms with E-state index in [4.69, 9.17) is 18.9 Å². The Kier molecular flexibility index (Phi) is 6.88. The molecule has 0 aliphatic carbocycles. The highest BCUT2D eigenvalue weighted by Gasteiger charge is 2.29. The van der Waals surface area contributed by atoms with Crippen molar-refractivity contribution in [3.05, 3.63) is 72.3 Å². The predicted molar refractivity (Wildman–Crippen MR) is 128 cm³/mol. The van der Waals surface area contributed by atoms with E-state index in [0.29, 0.717) is 36.1 Å². The van der Waals surface area contributed by atoms with Gasteiger partial charge < -0.3 is 29.2 Å². The lowest BCUT2D eigenvalue weighted by Crippen LogP contribution is -2.44. The first-order chi connectivity index (χ1) is 16.1. The lowest BCUT2D eigenvalue weighted by Gasteiger charge is -2.38. The van der Waals surface area contributed by atoms with Crippen LogP contribution in [0.3, 0.4) is 0 Å². The second-order valence-corrected chi connectivity index (χ2v) is 7.71. The van der Waals surface area contributed by atoms with Gasteiger partial charge >= 0.3 is 0 Å². The molecule has 1 amide bonds. The molecule has 1 N–H and O–H groups in total. The summed E-state index contributed by atoms with van der Waals surface area (Å²) < 4.78 is 22.1. The van der Waals surface area contributed by atoms with Crippen molar-refractivity contribution >= 4 is 17.3 Å². The van der Waals surface area contributed by atoms with Crippen LogP contribution in [0.15, 0.2) is 66.7 Å². The van der Waals surface area contributed by atoms with Crippen LogP contribution in [0.4, 0.5) is 11.4 Å². The van der Waals surface area contributed by atoms with Crippen LogP contribution < -0.4 is 29.2 Å². The lowest BCUT2D eigenvalue weighted by molar-refractivity contribution is -0.116. The van der Waals surface area contributed by atoms with Crippen molar-refractivity contribution in [2.24, 2.45) is 0 Å². The van der Waals surface area contributed by atoms with Crippen molar-refractivity contribution in [1.29, 1.82) is 0 Å². The molecule has 0 saturated heterocycles. The molecule has 7 nitrogen and oxygen atoms in total. The number of rotatable bonds is 8. The fraction of sp³-hybridized carbons (Fsp3) is 0.269. The van der Waals surface area contributed by atoms with Crippen LogP contribution in [0.2, 0.25) is 0 Å². The molecule has 0 spiro atoms. The Morgan fingerprint density at radius 3 is 2.30 bits per heavy atom. The Bertz CT molecular complexity index is 1080. The summed E-state index contributed by atoms with van der Waals surface area (Å²) in [7, 11) is 4.63. The number of amides is 1. The Hall–Kier alpha value is -3.87. The van der Waals surface area contributed by atoms with Crippen LogP contribution in [0, 0.1) is 0 Å². The first-order valence-corrected chi connectivity index (χ1v) is 10.7. The number of carbonyl (C=O) groups is 1. The van der Waals surface area contributed by atoms with Crippen LogP contribution >= 0.6 is 0 Å². The van der Waals surface area contributed by atoms with Crippen LogP contribution in [-0.4, -0.2) is 39.9 Å². The molecule has 1 atom stereocenters. The highest BCUT2D eigenvalue weighted by Crippen LogP contribution is 2.40. The number of methoxy groups -OCH3 is 3. The van der Waals surface area contributed by atoms with E-state index < -0.39 is 0 Å². The van der Waals surface area contributed by atoms with Crippen molar-refractivity contribution in [2.45, 2.75) is 19.0 Å². The molecule has 1 aliphatic rings. The van der Waals surface area contributed by atoms with Gasteiger partial charge in [0.1, 0.15) is 12.4 Å². The SMILES string of the molecule is COc1cc(NC(=O)C[C@@H]2COc3ccccc3N2Cc2ccccc2)cc(OC)c1OC. The molecule has 0 radical (unpaired) electrons. The molecular formula is C26H28N2O5. The van der Waals surface area contributed by atoms with E-state index in [9.17, 15) is 4.79 Å². The minimum absolute atomic E-state index is 0.123. The van der Waals surface area contributed by atoms with E-state index in [-0.39, 0.29) is 18.4 Å².